The Labute approximate surface area is 92.4 Å². The molecule has 0 radical (unpaired) electrons. The third-order valence-corrected chi connectivity index (χ3v) is 2.64. The number of nitrogens with one attached hydrogen (secondary N) is 1. The largest absolute Gasteiger partial charge is 0.354 e. The molecule has 84 valence electrons. The van der Waals surface area contributed by atoms with Crippen molar-refractivity contribution in [1.82, 2.24) is 5.32 Å². The fraction of sp³-hybridized carbons (Fsp3) is 0.909. The Bertz CT molecular complexity index is 161. The predicted octanol–water partition coefficient (Wildman–Crippen LogP) is 2.95. The SMILES string of the molecule is CCCC(Cl)CNC(=O)C(C)CCC. The highest BCUT2D eigenvalue weighted by molar-refractivity contribution is 6.20. The molecule has 0 aromatic carbocycles. The van der Waals surface area contributed by atoms with E-state index in [2.05, 4.69) is 19.2 Å². The first kappa shape index (κ1) is 13.8. The van der Waals surface area contributed by atoms with Gasteiger partial charge in [-0.25, -0.2) is 0 Å². The van der Waals surface area contributed by atoms with Gasteiger partial charge < -0.3 is 5.32 Å². The summed E-state index contributed by atoms with van der Waals surface area (Å²) in [7, 11) is 0. The summed E-state index contributed by atoms with van der Waals surface area (Å²) in [5.74, 6) is 0.249. The Kier molecular flexibility index (Phi) is 7.96. The summed E-state index contributed by atoms with van der Waals surface area (Å²) < 4.78 is 0. The minimum Gasteiger partial charge on any atom is -0.354 e. The zero-order valence-electron chi connectivity index (χ0n) is 9.48. The minimum atomic E-state index is 0.0813. The highest BCUT2D eigenvalue weighted by Crippen LogP contribution is 2.06. The summed E-state index contributed by atoms with van der Waals surface area (Å²) >= 11 is 5.99. The van der Waals surface area contributed by atoms with Crippen LogP contribution in [-0.4, -0.2) is 17.8 Å². The van der Waals surface area contributed by atoms with Gasteiger partial charge in [-0.05, 0) is 12.8 Å². The maximum Gasteiger partial charge on any atom is 0.222 e. The predicted molar refractivity (Wildman–Crippen MR) is 61.6 cm³/mol. The van der Waals surface area contributed by atoms with Crippen molar-refractivity contribution in [1.29, 1.82) is 0 Å². The molecule has 0 fully saturated rings. The summed E-state index contributed by atoms with van der Waals surface area (Å²) in [5, 5.41) is 2.96. The van der Waals surface area contributed by atoms with Crippen LogP contribution >= 0.6 is 11.6 Å². The molecule has 0 bridgehead atoms. The first-order valence-corrected chi connectivity index (χ1v) is 5.97. The molecular formula is C11H22ClNO. The van der Waals surface area contributed by atoms with Crippen LogP contribution in [0, 0.1) is 5.92 Å². The minimum absolute atomic E-state index is 0.0813. The van der Waals surface area contributed by atoms with Crippen molar-refractivity contribution in [3.8, 4) is 0 Å². The van der Waals surface area contributed by atoms with Crippen molar-refractivity contribution in [3.63, 3.8) is 0 Å². The summed E-state index contributed by atoms with van der Waals surface area (Å²) in [6.07, 6.45) is 4.03. The van der Waals surface area contributed by atoms with Crippen molar-refractivity contribution in [2.24, 2.45) is 5.92 Å². The van der Waals surface area contributed by atoms with Gasteiger partial charge in [-0.1, -0.05) is 33.6 Å². The molecule has 1 amide bonds. The number of halogens is 1. The van der Waals surface area contributed by atoms with E-state index in [1.165, 1.54) is 0 Å². The molecule has 2 unspecified atom stereocenters. The molecule has 0 rings (SSSR count). The van der Waals surface area contributed by atoms with Crippen LogP contribution in [0.15, 0.2) is 0 Å². The van der Waals surface area contributed by atoms with Gasteiger partial charge in [0.2, 0.25) is 5.91 Å². The average molecular weight is 220 g/mol. The van der Waals surface area contributed by atoms with Crippen LogP contribution in [0.25, 0.3) is 0 Å². The lowest BCUT2D eigenvalue weighted by Crippen LogP contribution is -2.33. The molecule has 2 nitrogen and oxygen atoms in total. The molecule has 0 aromatic heterocycles. The van der Waals surface area contributed by atoms with Crippen molar-refractivity contribution in [2.45, 2.75) is 51.8 Å². The van der Waals surface area contributed by atoms with Crippen molar-refractivity contribution >= 4 is 17.5 Å². The van der Waals surface area contributed by atoms with Gasteiger partial charge in [-0.2, -0.15) is 0 Å². The van der Waals surface area contributed by atoms with Gasteiger partial charge >= 0.3 is 0 Å². The number of hydrogen-bond donors (Lipinski definition) is 1. The van der Waals surface area contributed by atoms with E-state index >= 15 is 0 Å². The van der Waals surface area contributed by atoms with Crippen molar-refractivity contribution in [3.05, 3.63) is 0 Å². The molecule has 1 N–H and O–H groups in total. The van der Waals surface area contributed by atoms with Crippen LogP contribution < -0.4 is 5.32 Å². The van der Waals surface area contributed by atoms with E-state index in [1.54, 1.807) is 0 Å². The Hall–Kier alpha value is -0.240. The summed E-state index contributed by atoms with van der Waals surface area (Å²) in [6, 6.07) is 0. The normalized spacial score (nSPS) is 14.9. The third kappa shape index (κ3) is 6.25. The lowest BCUT2D eigenvalue weighted by Gasteiger charge is -2.13. The smallest absolute Gasteiger partial charge is 0.222 e. The molecule has 0 saturated carbocycles. The lowest BCUT2D eigenvalue weighted by atomic mass is 10.1. The Balaban J connectivity index is 3.61. The molecule has 0 saturated heterocycles. The second kappa shape index (κ2) is 8.10. The first-order chi connectivity index (χ1) is 6.61. The Morgan fingerprint density at radius 1 is 1.29 bits per heavy atom. The lowest BCUT2D eigenvalue weighted by molar-refractivity contribution is -0.124. The Morgan fingerprint density at radius 2 is 1.86 bits per heavy atom. The summed E-state index contributed by atoms with van der Waals surface area (Å²) in [6.45, 7) is 6.74. The monoisotopic (exact) mass is 219 g/mol. The van der Waals surface area contributed by atoms with Gasteiger partial charge in [-0.3, -0.25) is 4.79 Å². The van der Waals surface area contributed by atoms with Crippen molar-refractivity contribution in [2.75, 3.05) is 6.54 Å². The average Bonchev–Trinajstić information content (AvgIpc) is 2.15. The number of carbonyl (C=O) groups excluding carboxylic acids is 1. The van der Waals surface area contributed by atoms with Gasteiger partial charge in [-0.15, -0.1) is 11.6 Å². The zero-order valence-corrected chi connectivity index (χ0v) is 10.2. The first-order valence-electron chi connectivity index (χ1n) is 5.53. The topological polar surface area (TPSA) is 29.1 Å². The van der Waals surface area contributed by atoms with Crippen LogP contribution in [0.3, 0.4) is 0 Å². The number of rotatable bonds is 7. The van der Waals surface area contributed by atoms with Crippen molar-refractivity contribution < 1.29 is 4.79 Å². The third-order valence-electron chi connectivity index (χ3n) is 2.27. The highest BCUT2D eigenvalue weighted by Gasteiger charge is 2.12. The maximum atomic E-state index is 11.5. The molecular weight excluding hydrogens is 198 g/mol. The second-order valence-electron chi connectivity index (χ2n) is 3.82. The van der Waals surface area contributed by atoms with Crippen LogP contribution in [0.5, 0.6) is 0 Å². The molecule has 0 aliphatic carbocycles. The van der Waals surface area contributed by atoms with E-state index in [1.807, 2.05) is 6.92 Å². The fourth-order valence-electron chi connectivity index (χ4n) is 1.36. The summed E-state index contributed by atoms with van der Waals surface area (Å²) in [5.41, 5.74) is 0. The van der Waals surface area contributed by atoms with E-state index in [0.29, 0.717) is 6.54 Å². The molecule has 14 heavy (non-hydrogen) atoms. The zero-order chi connectivity index (χ0) is 11.0. The van der Waals surface area contributed by atoms with E-state index in [0.717, 1.165) is 25.7 Å². The fourth-order valence-corrected chi connectivity index (χ4v) is 1.66. The van der Waals surface area contributed by atoms with Crippen LogP contribution in [-0.2, 0) is 4.79 Å². The van der Waals surface area contributed by atoms with Gasteiger partial charge in [0.25, 0.3) is 0 Å². The summed E-state index contributed by atoms with van der Waals surface area (Å²) in [4.78, 5) is 11.5. The number of hydrogen-bond acceptors (Lipinski definition) is 1. The van der Waals surface area contributed by atoms with Gasteiger partial charge in [0.1, 0.15) is 0 Å². The molecule has 0 aromatic rings. The molecule has 3 heteroatoms. The van der Waals surface area contributed by atoms with Gasteiger partial charge in [0.15, 0.2) is 0 Å². The van der Waals surface area contributed by atoms with Crippen LogP contribution in [0.4, 0.5) is 0 Å². The molecule has 0 heterocycles. The van der Waals surface area contributed by atoms with Crippen LogP contribution in [0.1, 0.15) is 46.5 Å². The highest BCUT2D eigenvalue weighted by atomic mass is 35.5. The van der Waals surface area contributed by atoms with Gasteiger partial charge in [0, 0.05) is 12.5 Å². The number of amides is 1. The molecule has 2 atom stereocenters. The molecule has 0 spiro atoms. The quantitative estimate of drug-likeness (QED) is 0.656. The number of carbonyl (C=O) groups is 1. The molecule has 0 aliphatic heterocycles. The van der Waals surface area contributed by atoms with E-state index < -0.39 is 0 Å². The number of alkyl halides is 1. The second-order valence-corrected chi connectivity index (χ2v) is 4.44. The maximum absolute atomic E-state index is 11.5. The standard InChI is InChI=1S/C11H22ClNO/c1-4-6-9(3)11(14)13-8-10(12)7-5-2/h9-10H,4-8H2,1-3H3,(H,13,14). The van der Waals surface area contributed by atoms with E-state index in [9.17, 15) is 4.79 Å². The van der Waals surface area contributed by atoms with Crippen LogP contribution in [0.2, 0.25) is 0 Å². The molecule has 0 aliphatic rings. The van der Waals surface area contributed by atoms with E-state index in [4.69, 9.17) is 11.6 Å². The van der Waals surface area contributed by atoms with Gasteiger partial charge in [0.05, 0.1) is 5.38 Å². The van der Waals surface area contributed by atoms with E-state index in [-0.39, 0.29) is 17.2 Å². The Morgan fingerprint density at radius 3 is 2.36 bits per heavy atom.